The van der Waals surface area contributed by atoms with Gasteiger partial charge in [0.2, 0.25) is 5.91 Å². The van der Waals surface area contributed by atoms with E-state index in [-0.39, 0.29) is 16.7 Å². The van der Waals surface area contributed by atoms with E-state index in [9.17, 15) is 9.90 Å². The molecule has 1 aliphatic heterocycles. The second-order valence-electron chi connectivity index (χ2n) is 3.29. The van der Waals surface area contributed by atoms with Crippen LogP contribution < -0.4 is 5.32 Å². The highest BCUT2D eigenvalue weighted by atomic mass is 32.2. The SMILES string of the molecule is CC(=O)NC1C(O)SC1(C)C. The van der Waals surface area contributed by atoms with Crippen molar-refractivity contribution in [1.82, 2.24) is 5.32 Å². The van der Waals surface area contributed by atoms with E-state index in [0.717, 1.165) is 0 Å². The van der Waals surface area contributed by atoms with Crippen LogP contribution in [0, 0.1) is 0 Å². The van der Waals surface area contributed by atoms with E-state index in [1.54, 1.807) is 0 Å². The summed E-state index contributed by atoms with van der Waals surface area (Å²) in [7, 11) is 0. The summed E-state index contributed by atoms with van der Waals surface area (Å²) >= 11 is 1.48. The summed E-state index contributed by atoms with van der Waals surface area (Å²) in [6, 6.07) is -0.0926. The predicted octanol–water partition coefficient (Wildman–Crippen LogP) is 0.335. The molecule has 1 saturated heterocycles. The van der Waals surface area contributed by atoms with Crippen LogP contribution in [0.2, 0.25) is 0 Å². The van der Waals surface area contributed by atoms with E-state index in [0.29, 0.717) is 0 Å². The average Bonchev–Trinajstić information content (AvgIpc) is 1.82. The Morgan fingerprint density at radius 3 is 2.36 bits per heavy atom. The summed E-state index contributed by atoms with van der Waals surface area (Å²) in [6.45, 7) is 5.47. The van der Waals surface area contributed by atoms with Gasteiger partial charge in [-0.25, -0.2) is 0 Å². The highest BCUT2D eigenvalue weighted by Gasteiger charge is 2.48. The van der Waals surface area contributed by atoms with Gasteiger partial charge in [-0.2, -0.15) is 0 Å². The van der Waals surface area contributed by atoms with Crippen molar-refractivity contribution < 1.29 is 9.90 Å². The standard InChI is InChI=1S/C7H13NO2S/c1-4(9)8-5-6(10)11-7(5,2)3/h5-6,10H,1-3H3,(H,8,9). The summed E-state index contributed by atoms with van der Waals surface area (Å²) in [6.07, 6.45) is 0. The van der Waals surface area contributed by atoms with Gasteiger partial charge in [-0.3, -0.25) is 4.79 Å². The molecule has 64 valence electrons. The van der Waals surface area contributed by atoms with Crippen molar-refractivity contribution in [3.05, 3.63) is 0 Å². The normalized spacial score (nSPS) is 34.2. The van der Waals surface area contributed by atoms with Gasteiger partial charge in [-0.05, 0) is 13.8 Å². The summed E-state index contributed by atoms with van der Waals surface area (Å²) < 4.78 is -0.0227. The van der Waals surface area contributed by atoms with Gasteiger partial charge < -0.3 is 10.4 Å². The second-order valence-corrected chi connectivity index (χ2v) is 5.06. The highest BCUT2D eigenvalue weighted by Crippen LogP contribution is 2.44. The van der Waals surface area contributed by atoms with E-state index >= 15 is 0 Å². The van der Waals surface area contributed by atoms with Gasteiger partial charge in [0, 0.05) is 11.7 Å². The van der Waals surface area contributed by atoms with E-state index in [1.165, 1.54) is 18.7 Å². The number of hydrogen-bond acceptors (Lipinski definition) is 3. The maximum atomic E-state index is 10.6. The first-order chi connectivity index (χ1) is 4.93. The summed E-state index contributed by atoms with van der Waals surface area (Å²) in [4.78, 5) is 10.6. The third-order valence-electron chi connectivity index (χ3n) is 1.82. The third-order valence-corrected chi connectivity index (χ3v) is 3.19. The number of aliphatic hydroxyl groups is 1. The molecule has 0 aromatic rings. The smallest absolute Gasteiger partial charge is 0.217 e. The lowest BCUT2D eigenvalue weighted by molar-refractivity contribution is -0.120. The lowest BCUT2D eigenvalue weighted by Gasteiger charge is -2.47. The van der Waals surface area contributed by atoms with Crippen LogP contribution in [-0.2, 0) is 4.79 Å². The van der Waals surface area contributed by atoms with Gasteiger partial charge in [0.25, 0.3) is 0 Å². The van der Waals surface area contributed by atoms with Crippen molar-refractivity contribution in [2.75, 3.05) is 0 Å². The van der Waals surface area contributed by atoms with E-state index < -0.39 is 5.44 Å². The Kier molecular flexibility index (Phi) is 2.16. The molecule has 0 spiro atoms. The third kappa shape index (κ3) is 1.68. The minimum Gasteiger partial charge on any atom is -0.380 e. The van der Waals surface area contributed by atoms with Crippen molar-refractivity contribution in [3.8, 4) is 0 Å². The first kappa shape index (κ1) is 8.87. The fourth-order valence-electron chi connectivity index (χ4n) is 1.19. The van der Waals surface area contributed by atoms with Crippen LogP contribution in [0.3, 0.4) is 0 Å². The minimum absolute atomic E-state index is 0.0227. The Hall–Kier alpha value is -0.220. The van der Waals surface area contributed by atoms with E-state index in [1.807, 2.05) is 13.8 Å². The van der Waals surface area contributed by atoms with Gasteiger partial charge >= 0.3 is 0 Å². The van der Waals surface area contributed by atoms with E-state index in [2.05, 4.69) is 5.32 Å². The molecule has 0 radical (unpaired) electrons. The number of carbonyl (C=O) groups is 1. The van der Waals surface area contributed by atoms with Gasteiger partial charge in [0.1, 0.15) is 5.44 Å². The maximum Gasteiger partial charge on any atom is 0.217 e. The molecule has 1 amide bonds. The lowest BCUT2D eigenvalue weighted by Crippen LogP contribution is -2.61. The highest BCUT2D eigenvalue weighted by molar-refractivity contribution is 8.02. The van der Waals surface area contributed by atoms with Crippen LogP contribution in [-0.4, -0.2) is 27.2 Å². The fourth-order valence-corrected chi connectivity index (χ4v) is 2.46. The molecule has 0 aromatic carbocycles. The molecule has 1 heterocycles. The molecule has 1 aliphatic rings. The summed E-state index contributed by atoms with van der Waals surface area (Å²) in [5, 5.41) is 11.9. The molecule has 4 heteroatoms. The van der Waals surface area contributed by atoms with Crippen LogP contribution in [0.25, 0.3) is 0 Å². The number of thioether (sulfide) groups is 1. The molecule has 1 rings (SSSR count). The molecule has 2 unspecified atom stereocenters. The predicted molar refractivity (Wildman–Crippen MR) is 45.3 cm³/mol. The van der Waals surface area contributed by atoms with Gasteiger partial charge in [0.15, 0.2) is 0 Å². The zero-order valence-electron chi connectivity index (χ0n) is 6.92. The van der Waals surface area contributed by atoms with Crippen molar-refractivity contribution in [3.63, 3.8) is 0 Å². The van der Waals surface area contributed by atoms with Crippen molar-refractivity contribution >= 4 is 17.7 Å². The summed E-state index contributed by atoms with van der Waals surface area (Å²) in [5.41, 5.74) is -0.436. The van der Waals surface area contributed by atoms with Gasteiger partial charge in [0.05, 0.1) is 6.04 Å². The Bertz CT molecular complexity index is 181. The average molecular weight is 175 g/mol. The molecule has 3 nitrogen and oxygen atoms in total. The minimum atomic E-state index is -0.436. The van der Waals surface area contributed by atoms with Crippen molar-refractivity contribution in [1.29, 1.82) is 0 Å². The van der Waals surface area contributed by atoms with Crippen molar-refractivity contribution in [2.24, 2.45) is 0 Å². The Balaban J connectivity index is 2.50. The Morgan fingerprint density at radius 2 is 2.18 bits per heavy atom. The topological polar surface area (TPSA) is 49.3 Å². The van der Waals surface area contributed by atoms with E-state index in [4.69, 9.17) is 0 Å². The molecule has 1 fully saturated rings. The van der Waals surface area contributed by atoms with Crippen LogP contribution in [0.15, 0.2) is 0 Å². The number of rotatable bonds is 1. The van der Waals surface area contributed by atoms with Crippen LogP contribution in [0.5, 0.6) is 0 Å². The first-order valence-corrected chi connectivity index (χ1v) is 4.44. The molecule has 0 bridgehead atoms. The molecule has 0 saturated carbocycles. The number of aliphatic hydroxyl groups excluding tert-OH is 1. The van der Waals surface area contributed by atoms with Crippen molar-refractivity contribution in [2.45, 2.75) is 37.0 Å². The molecule has 11 heavy (non-hydrogen) atoms. The Morgan fingerprint density at radius 1 is 1.64 bits per heavy atom. The molecule has 2 N–H and O–H groups in total. The number of nitrogens with one attached hydrogen (secondary N) is 1. The number of carbonyl (C=O) groups excluding carboxylic acids is 1. The molecule has 2 atom stereocenters. The quantitative estimate of drug-likeness (QED) is 0.604. The molecular formula is C7H13NO2S. The summed E-state index contributed by atoms with van der Waals surface area (Å²) in [5.74, 6) is -0.0811. The first-order valence-electron chi connectivity index (χ1n) is 3.56. The van der Waals surface area contributed by atoms with Crippen LogP contribution in [0.1, 0.15) is 20.8 Å². The maximum absolute atomic E-state index is 10.6. The van der Waals surface area contributed by atoms with Gasteiger partial charge in [-0.1, -0.05) is 0 Å². The lowest BCUT2D eigenvalue weighted by atomic mass is 10.0. The zero-order chi connectivity index (χ0) is 8.65. The molecular weight excluding hydrogens is 162 g/mol. The second kappa shape index (κ2) is 2.68. The zero-order valence-corrected chi connectivity index (χ0v) is 7.73. The largest absolute Gasteiger partial charge is 0.380 e. The molecule has 0 aliphatic carbocycles. The number of hydrogen-bond donors (Lipinski definition) is 2. The molecule has 0 aromatic heterocycles. The van der Waals surface area contributed by atoms with Crippen LogP contribution in [0.4, 0.5) is 0 Å². The van der Waals surface area contributed by atoms with Gasteiger partial charge in [-0.15, -0.1) is 11.8 Å². The van der Waals surface area contributed by atoms with Crippen LogP contribution >= 0.6 is 11.8 Å². The Labute approximate surface area is 70.6 Å². The monoisotopic (exact) mass is 175 g/mol. The number of amides is 1. The fraction of sp³-hybridized carbons (Fsp3) is 0.857.